The van der Waals surface area contributed by atoms with Crippen LogP contribution >= 0.6 is 0 Å². The molecule has 1 N–H and O–H groups in total. The van der Waals surface area contributed by atoms with Gasteiger partial charge in [-0.2, -0.15) is 4.98 Å². The highest BCUT2D eigenvalue weighted by Crippen LogP contribution is 2.35. The van der Waals surface area contributed by atoms with E-state index in [1.54, 1.807) is 14.2 Å². The number of hydrogen-bond donors (Lipinski definition) is 1. The van der Waals surface area contributed by atoms with E-state index in [4.69, 9.17) is 18.7 Å². The number of nitrogens with zero attached hydrogens (tertiary/aromatic N) is 2. The minimum atomic E-state index is -0.272. The first-order chi connectivity index (χ1) is 11.7. The van der Waals surface area contributed by atoms with Crippen LogP contribution in [0.25, 0.3) is 0 Å². The predicted octanol–water partition coefficient (Wildman–Crippen LogP) is 1.09. The molecule has 0 spiro atoms. The summed E-state index contributed by atoms with van der Waals surface area (Å²) in [5.41, 5.74) is 0.959. The Hall–Kier alpha value is -2.61. The van der Waals surface area contributed by atoms with Crippen molar-refractivity contribution in [2.24, 2.45) is 5.92 Å². The van der Waals surface area contributed by atoms with Crippen molar-refractivity contribution >= 4 is 5.91 Å². The lowest BCUT2D eigenvalue weighted by Crippen LogP contribution is -2.37. The summed E-state index contributed by atoms with van der Waals surface area (Å²) < 4.78 is 20.9. The van der Waals surface area contributed by atoms with Crippen molar-refractivity contribution in [3.8, 4) is 11.5 Å². The number of nitrogens with one attached hydrogen (secondary N) is 1. The molecule has 1 aromatic heterocycles. The van der Waals surface area contributed by atoms with Gasteiger partial charge in [-0.3, -0.25) is 4.79 Å². The molecule has 0 fully saturated rings. The highest BCUT2D eigenvalue weighted by Gasteiger charge is 2.28. The van der Waals surface area contributed by atoms with E-state index in [0.29, 0.717) is 36.2 Å². The lowest BCUT2D eigenvalue weighted by molar-refractivity contribution is -0.126. The predicted molar refractivity (Wildman–Crippen MR) is 82.5 cm³/mol. The third-order valence-corrected chi connectivity index (χ3v) is 3.74. The normalized spacial score (nSPS) is 16.2. The zero-order valence-corrected chi connectivity index (χ0v) is 13.6. The Balaban J connectivity index is 1.57. The highest BCUT2D eigenvalue weighted by atomic mass is 16.5. The first kappa shape index (κ1) is 16.3. The van der Waals surface area contributed by atoms with Gasteiger partial charge in [0.05, 0.1) is 19.6 Å². The molecular weight excluding hydrogens is 314 g/mol. The van der Waals surface area contributed by atoms with Gasteiger partial charge in [-0.05, 0) is 18.1 Å². The van der Waals surface area contributed by atoms with E-state index in [1.165, 1.54) is 0 Å². The molecule has 0 radical (unpaired) electrons. The van der Waals surface area contributed by atoms with Gasteiger partial charge in [0.15, 0.2) is 17.3 Å². The van der Waals surface area contributed by atoms with Gasteiger partial charge in [-0.15, -0.1) is 0 Å². The van der Waals surface area contributed by atoms with E-state index < -0.39 is 0 Å². The summed E-state index contributed by atoms with van der Waals surface area (Å²) in [6.07, 6.45) is 0.594. The van der Waals surface area contributed by atoms with Crippen LogP contribution in [0.3, 0.4) is 0 Å². The third-order valence-electron chi connectivity index (χ3n) is 3.74. The Morgan fingerprint density at radius 3 is 3.08 bits per heavy atom. The maximum atomic E-state index is 12.3. The topological polar surface area (TPSA) is 95.7 Å². The molecule has 0 aliphatic carbocycles. The van der Waals surface area contributed by atoms with Crippen molar-refractivity contribution in [2.75, 3.05) is 20.8 Å². The number of methoxy groups -OCH3 is 2. The molecule has 2 heterocycles. The van der Waals surface area contributed by atoms with Crippen molar-refractivity contribution in [3.63, 3.8) is 0 Å². The first-order valence-corrected chi connectivity index (χ1v) is 7.58. The number of rotatable bonds is 6. The molecule has 0 saturated heterocycles. The van der Waals surface area contributed by atoms with E-state index in [-0.39, 0.29) is 25.0 Å². The maximum absolute atomic E-state index is 12.3. The van der Waals surface area contributed by atoms with Crippen LogP contribution in [0.5, 0.6) is 11.5 Å². The van der Waals surface area contributed by atoms with Gasteiger partial charge in [0.1, 0.15) is 13.2 Å². The number of fused-ring (bicyclic) bond motifs is 1. The van der Waals surface area contributed by atoms with Crippen LogP contribution in [0.4, 0.5) is 0 Å². The summed E-state index contributed by atoms with van der Waals surface area (Å²) in [7, 11) is 3.15. The Kier molecular flexibility index (Phi) is 4.95. The zero-order valence-electron chi connectivity index (χ0n) is 13.6. The van der Waals surface area contributed by atoms with E-state index in [9.17, 15) is 4.79 Å². The van der Waals surface area contributed by atoms with Crippen molar-refractivity contribution in [1.82, 2.24) is 15.5 Å². The summed E-state index contributed by atoms with van der Waals surface area (Å²) in [5, 5.41) is 6.54. The zero-order chi connectivity index (χ0) is 16.9. The Morgan fingerprint density at radius 2 is 2.29 bits per heavy atom. The maximum Gasteiger partial charge on any atom is 0.246 e. The van der Waals surface area contributed by atoms with Gasteiger partial charge >= 0.3 is 0 Å². The smallest absolute Gasteiger partial charge is 0.246 e. The number of ether oxygens (including phenoxy) is 3. The average molecular weight is 333 g/mol. The standard InChI is InChI=1S/C16H19N3O5/c1-21-9-13-18-14(24-19-13)7-17-16(20)11-6-10-4-3-5-12(22-2)15(10)23-8-11/h3-5,11H,6-9H2,1-2H3,(H,17,20). The number of amides is 1. The van der Waals surface area contributed by atoms with Crippen LogP contribution in [0.1, 0.15) is 17.3 Å². The number of para-hydroxylation sites is 1. The van der Waals surface area contributed by atoms with Crippen LogP contribution in [-0.4, -0.2) is 36.9 Å². The second-order valence-corrected chi connectivity index (χ2v) is 5.42. The quantitative estimate of drug-likeness (QED) is 0.845. The molecule has 1 aromatic carbocycles. The van der Waals surface area contributed by atoms with Crippen LogP contribution in [0.15, 0.2) is 22.7 Å². The highest BCUT2D eigenvalue weighted by molar-refractivity contribution is 5.79. The van der Waals surface area contributed by atoms with Gasteiger partial charge in [0.2, 0.25) is 11.8 Å². The Labute approximate surface area is 139 Å². The molecule has 1 aliphatic rings. The van der Waals surface area contributed by atoms with E-state index >= 15 is 0 Å². The fourth-order valence-corrected chi connectivity index (χ4v) is 2.58. The Bertz CT molecular complexity index is 715. The molecule has 24 heavy (non-hydrogen) atoms. The number of aromatic nitrogens is 2. The molecule has 0 saturated carbocycles. The summed E-state index contributed by atoms with van der Waals surface area (Å²) in [5.74, 6) is 1.80. The SMILES string of the molecule is COCc1noc(CNC(=O)C2COc3c(cccc3OC)C2)n1. The molecular formula is C16H19N3O5. The first-order valence-electron chi connectivity index (χ1n) is 7.58. The number of hydrogen-bond acceptors (Lipinski definition) is 7. The second-order valence-electron chi connectivity index (χ2n) is 5.42. The molecule has 0 bridgehead atoms. The van der Waals surface area contributed by atoms with Crippen molar-refractivity contribution in [1.29, 1.82) is 0 Å². The average Bonchev–Trinajstić information content (AvgIpc) is 3.06. The number of benzene rings is 1. The van der Waals surface area contributed by atoms with Gasteiger partial charge in [0, 0.05) is 7.11 Å². The molecule has 1 unspecified atom stereocenters. The lowest BCUT2D eigenvalue weighted by atomic mass is 9.95. The third kappa shape index (κ3) is 3.48. The van der Waals surface area contributed by atoms with Crippen molar-refractivity contribution in [3.05, 3.63) is 35.5 Å². The van der Waals surface area contributed by atoms with Crippen LogP contribution in [0, 0.1) is 5.92 Å². The van der Waals surface area contributed by atoms with Crippen LogP contribution < -0.4 is 14.8 Å². The number of carbonyl (C=O) groups excluding carboxylic acids is 1. The molecule has 8 heteroatoms. The van der Waals surface area contributed by atoms with Gasteiger partial charge in [-0.25, -0.2) is 0 Å². The molecule has 3 rings (SSSR count). The van der Waals surface area contributed by atoms with E-state index in [0.717, 1.165) is 5.56 Å². The fourth-order valence-electron chi connectivity index (χ4n) is 2.58. The van der Waals surface area contributed by atoms with E-state index in [1.807, 2.05) is 18.2 Å². The van der Waals surface area contributed by atoms with Crippen LogP contribution in [0.2, 0.25) is 0 Å². The molecule has 1 atom stereocenters. The van der Waals surface area contributed by atoms with Gasteiger partial charge in [0.25, 0.3) is 0 Å². The van der Waals surface area contributed by atoms with Crippen molar-refractivity contribution in [2.45, 2.75) is 19.6 Å². The summed E-state index contributed by atoms with van der Waals surface area (Å²) in [4.78, 5) is 16.4. The molecule has 8 nitrogen and oxygen atoms in total. The van der Waals surface area contributed by atoms with Crippen molar-refractivity contribution < 1.29 is 23.5 Å². The van der Waals surface area contributed by atoms with E-state index in [2.05, 4.69) is 15.5 Å². The summed E-state index contributed by atoms with van der Waals surface area (Å²) in [6, 6.07) is 5.66. The molecule has 1 aliphatic heterocycles. The summed E-state index contributed by atoms with van der Waals surface area (Å²) in [6.45, 7) is 0.751. The fraction of sp³-hybridized carbons (Fsp3) is 0.438. The molecule has 128 valence electrons. The summed E-state index contributed by atoms with van der Waals surface area (Å²) >= 11 is 0. The Morgan fingerprint density at radius 1 is 1.42 bits per heavy atom. The largest absolute Gasteiger partial charge is 0.493 e. The molecule has 1 amide bonds. The monoisotopic (exact) mass is 333 g/mol. The second kappa shape index (κ2) is 7.31. The lowest BCUT2D eigenvalue weighted by Gasteiger charge is -2.25. The minimum Gasteiger partial charge on any atom is -0.493 e. The van der Waals surface area contributed by atoms with Crippen LogP contribution in [-0.2, 0) is 29.1 Å². The molecule has 2 aromatic rings. The number of carbonyl (C=O) groups is 1. The van der Waals surface area contributed by atoms with Gasteiger partial charge < -0.3 is 24.1 Å². The van der Waals surface area contributed by atoms with Gasteiger partial charge in [-0.1, -0.05) is 17.3 Å². The minimum absolute atomic E-state index is 0.116.